The van der Waals surface area contributed by atoms with Gasteiger partial charge in [-0.05, 0) is 66.7 Å². The second-order valence-corrected chi connectivity index (χ2v) is 10.5. The summed E-state index contributed by atoms with van der Waals surface area (Å²) in [5.74, 6) is 1.46. The molecule has 14 nitrogen and oxygen atoms in total. The third-order valence-electron chi connectivity index (χ3n) is 6.70. The van der Waals surface area contributed by atoms with E-state index in [9.17, 15) is 0 Å². The van der Waals surface area contributed by atoms with Gasteiger partial charge in [-0.2, -0.15) is 10.2 Å². The molecule has 0 atom stereocenters. The zero-order chi connectivity index (χ0) is 33.3. The number of benzene rings is 2. The Morgan fingerprint density at radius 1 is 0.646 bits per heavy atom. The molecular formula is C33H28ClN13O. The third-order valence-corrected chi connectivity index (χ3v) is 6.94. The van der Waals surface area contributed by atoms with E-state index in [1.807, 2.05) is 48.5 Å². The first kappa shape index (κ1) is 31.3. The lowest BCUT2D eigenvalue weighted by atomic mass is 10.2. The molecule has 0 aliphatic carbocycles. The largest absolute Gasteiger partial charge is 0.497 e. The van der Waals surface area contributed by atoms with Crippen molar-refractivity contribution >= 4 is 56.7 Å². The molecule has 0 aliphatic rings. The summed E-state index contributed by atoms with van der Waals surface area (Å²) in [6, 6.07) is 22.1. The molecule has 6 heterocycles. The van der Waals surface area contributed by atoms with Gasteiger partial charge < -0.3 is 21.5 Å². The van der Waals surface area contributed by atoms with E-state index in [0.29, 0.717) is 22.4 Å². The molecule has 0 aliphatic heterocycles. The molecule has 0 radical (unpaired) electrons. The van der Waals surface area contributed by atoms with Crippen LogP contribution >= 0.6 is 11.6 Å². The third kappa shape index (κ3) is 7.94. The fraction of sp³-hybridized carbons (Fsp3) is 0.0303. The SMILES string of the molecule is COc1ccnc(-c2ccnc(Nc3ccc4[nH]ncc4c3)n2)c1.Nc1ccc2[nH]ncc2c1.Nc1nccc(-c2cc(Cl)ccn2)n1. The first-order valence-corrected chi connectivity index (χ1v) is 14.7. The van der Waals surface area contributed by atoms with Gasteiger partial charge in [0.2, 0.25) is 11.9 Å². The molecule has 238 valence electrons. The molecule has 48 heavy (non-hydrogen) atoms. The molecule has 0 spiro atoms. The Kier molecular flexibility index (Phi) is 9.54. The average Bonchev–Trinajstić information content (AvgIpc) is 3.78. The van der Waals surface area contributed by atoms with Crippen LogP contribution in [0.4, 0.5) is 23.3 Å². The van der Waals surface area contributed by atoms with Crippen molar-refractivity contribution in [1.29, 1.82) is 0 Å². The van der Waals surface area contributed by atoms with Crippen LogP contribution in [-0.4, -0.2) is 57.4 Å². The zero-order valence-corrected chi connectivity index (χ0v) is 26.2. The topological polar surface area (TPSA) is 208 Å². The smallest absolute Gasteiger partial charge is 0.227 e. The number of hydrogen-bond donors (Lipinski definition) is 5. The van der Waals surface area contributed by atoms with Crippen LogP contribution in [0.3, 0.4) is 0 Å². The number of ether oxygens (including phenoxy) is 1. The maximum absolute atomic E-state index is 5.82. The fourth-order valence-corrected chi connectivity index (χ4v) is 4.57. The van der Waals surface area contributed by atoms with Crippen molar-refractivity contribution in [1.82, 2.24) is 50.3 Å². The molecule has 15 heteroatoms. The minimum absolute atomic E-state index is 0.226. The highest BCUT2D eigenvalue weighted by atomic mass is 35.5. The minimum Gasteiger partial charge on any atom is -0.497 e. The van der Waals surface area contributed by atoms with Crippen LogP contribution in [0.5, 0.6) is 5.75 Å². The number of methoxy groups -OCH3 is 1. The summed E-state index contributed by atoms with van der Waals surface area (Å²) in [6.07, 6.45) is 10.1. The molecular weight excluding hydrogens is 630 g/mol. The fourth-order valence-electron chi connectivity index (χ4n) is 4.41. The number of H-pyrrole nitrogens is 2. The van der Waals surface area contributed by atoms with Crippen LogP contribution in [0.25, 0.3) is 44.6 Å². The second-order valence-electron chi connectivity index (χ2n) is 10.0. The van der Waals surface area contributed by atoms with Crippen molar-refractivity contribution < 1.29 is 4.74 Å². The van der Waals surface area contributed by atoms with E-state index >= 15 is 0 Å². The van der Waals surface area contributed by atoms with E-state index in [4.69, 9.17) is 27.8 Å². The number of nitrogens with two attached hydrogens (primary N) is 2. The van der Waals surface area contributed by atoms with Crippen LogP contribution in [0.15, 0.2) is 110 Å². The molecule has 0 saturated carbocycles. The predicted octanol–water partition coefficient (Wildman–Crippen LogP) is 6.09. The summed E-state index contributed by atoms with van der Waals surface area (Å²) in [5.41, 5.74) is 17.5. The second kappa shape index (κ2) is 14.6. The summed E-state index contributed by atoms with van der Waals surface area (Å²) in [4.78, 5) is 25.1. The van der Waals surface area contributed by atoms with Gasteiger partial charge in [0.05, 0.1) is 53.3 Å². The van der Waals surface area contributed by atoms with Crippen molar-refractivity contribution in [2.45, 2.75) is 0 Å². The normalized spacial score (nSPS) is 10.5. The summed E-state index contributed by atoms with van der Waals surface area (Å²) in [7, 11) is 1.62. The molecule has 0 bridgehead atoms. The van der Waals surface area contributed by atoms with Gasteiger partial charge in [-0.15, -0.1) is 0 Å². The summed E-state index contributed by atoms with van der Waals surface area (Å²) in [5, 5.41) is 19.5. The van der Waals surface area contributed by atoms with Crippen molar-refractivity contribution in [3.8, 4) is 28.5 Å². The quantitative estimate of drug-likeness (QED) is 0.133. The molecule has 7 N–H and O–H groups in total. The van der Waals surface area contributed by atoms with Crippen molar-refractivity contribution in [2.24, 2.45) is 0 Å². The molecule has 0 amide bonds. The molecule has 0 unspecified atom stereocenters. The predicted molar refractivity (Wildman–Crippen MR) is 186 cm³/mol. The van der Waals surface area contributed by atoms with Crippen LogP contribution in [-0.2, 0) is 0 Å². The number of pyridine rings is 2. The van der Waals surface area contributed by atoms with E-state index < -0.39 is 0 Å². The summed E-state index contributed by atoms with van der Waals surface area (Å²) in [6.45, 7) is 0. The number of nitrogens with zero attached hydrogens (tertiary/aromatic N) is 8. The lowest BCUT2D eigenvalue weighted by Gasteiger charge is -2.07. The molecule has 2 aromatic carbocycles. The van der Waals surface area contributed by atoms with Crippen LogP contribution in [0.2, 0.25) is 5.02 Å². The number of hydrogen-bond acceptors (Lipinski definition) is 12. The molecule has 6 aromatic heterocycles. The van der Waals surface area contributed by atoms with Gasteiger partial charge in [0, 0.05) is 58.0 Å². The van der Waals surface area contributed by atoms with E-state index in [1.54, 1.807) is 68.6 Å². The number of rotatable bonds is 5. The number of nitrogens with one attached hydrogen (secondary N) is 3. The lowest BCUT2D eigenvalue weighted by molar-refractivity contribution is 0.414. The monoisotopic (exact) mass is 657 g/mol. The van der Waals surface area contributed by atoms with Crippen LogP contribution < -0.4 is 21.5 Å². The van der Waals surface area contributed by atoms with Gasteiger partial charge in [-0.1, -0.05) is 11.6 Å². The maximum atomic E-state index is 5.82. The highest BCUT2D eigenvalue weighted by Gasteiger charge is 2.07. The van der Waals surface area contributed by atoms with Gasteiger partial charge in [-0.25, -0.2) is 19.9 Å². The number of aromatic nitrogens is 10. The Morgan fingerprint density at radius 3 is 2.02 bits per heavy atom. The average molecular weight is 658 g/mol. The highest BCUT2D eigenvalue weighted by Crippen LogP contribution is 2.23. The minimum atomic E-state index is 0.226. The Bertz CT molecular complexity index is 2240. The molecule has 8 rings (SSSR count). The number of nitrogen functional groups attached to an aromatic ring is 2. The van der Waals surface area contributed by atoms with E-state index in [0.717, 1.165) is 50.3 Å². The Morgan fingerprint density at radius 2 is 1.29 bits per heavy atom. The number of halogens is 1. The summed E-state index contributed by atoms with van der Waals surface area (Å²) < 4.78 is 5.23. The standard InChI is InChI=1S/C17H14N6O.C9H7ClN4.C7H7N3/c1-24-13-4-6-18-16(9-13)15-5-7-19-17(22-15)21-12-2-3-14-11(8-12)10-20-23-14;10-6-1-3-12-8(5-6)7-2-4-13-9(11)14-7;8-6-1-2-7-5(3-6)4-9-10-7/h2-10H,1H3,(H,20,23)(H,19,21,22);1-5H,(H2,11,13,14);1-4H,8H2,(H,9,10). The van der Waals surface area contributed by atoms with Crippen LogP contribution in [0.1, 0.15) is 0 Å². The Labute approximate surface area is 278 Å². The maximum Gasteiger partial charge on any atom is 0.227 e. The lowest BCUT2D eigenvalue weighted by Crippen LogP contribution is -1.98. The Hall–Kier alpha value is -6.67. The van der Waals surface area contributed by atoms with Crippen molar-refractivity contribution in [3.05, 3.63) is 115 Å². The number of fused-ring (bicyclic) bond motifs is 2. The first-order valence-electron chi connectivity index (χ1n) is 14.4. The van der Waals surface area contributed by atoms with Crippen molar-refractivity contribution in [2.75, 3.05) is 23.9 Å². The Balaban J connectivity index is 0.000000140. The highest BCUT2D eigenvalue weighted by molar-refractivity contribution is 6.30. The van der Waals surface area contributed by atoms with Gasteiger partial charge in [-0.3, -0.25) is 20.2 Å². The molecule has 0 fully saturated rings. The number of anilines is 4. The van der Waals surface area contributed by atoms with Gasteiger partial charge >= 0.3 is 0 Å². The van der Waals surface area contributed by atoms with E-state index in [1.165, 1.54) is 0 Å². The van der Waals surface area contributed by atoms with Crippen molar-refractivity contribution in [3.63, 3.8) is 0 Å². The molecule has 0 saturated heterocycles. The summed E-state index contributed by atoms with van der Waals surface area (Å²) >= 11 is 5.82. The van der Waals surface area contributed by atoms with Gasteiger partial charge in [0.15, 0.2) is 0 Å². The van der Waals surface area contributed by atoms with Gasteiger partial charge in [0.1, 0.15) is 5.75 Å². The number of aromatic amines is 2. The molecule has 8 aromatic rings. The van der Waals surface area contributed by atoms with E-state index in [2.05, 4.69) is 55.6 Å². The zero-order valence-electron chi connectivity index (χ0n) is 25.4. The van der Waals surface area contributed by atoms with E-state index in [-0.39, 0.29) is 5.95 Å². The van der Waals surface area contributed by atoms with Gasteiger partial charge in [0.25, 0.3) is 0 Å². The van der Waals surface area contributed by atoms with Crippen LogP contribution in [0, 0.1) is 0 Å². The first-order chi connectivity index (χ1) is 23.4.